The van der Waals surface area contributed by atoms with Crippen LogP contribution in [-0.2, 0) is 4.52 Å². The smallest absolute Gasteiger partial charge is 0.152 e. The Labute approximate surface area is 84.0 Å². The van der Waals surface area contributed by atoms with E-state index in [2.05, 4.69) is 6.92 Å². The molecule has 0 radical (unpaired) electrons. The molecule has 0 spiro atoms. The molecule has 2 nitrogen and oxygen atoms in total. The molecule has 0 fully saturated rings. The molecule has 0 rings (SSSR count). The number of hydrogen-bond acceptors (Lipinski definition) is 2. The van der Waals surface area contributed by atoms with Gasteiger partial charge in [0, 0.05) is 0 Å². The summed E-state index contributed by atoms with van der Waals surface area (Å²) in [6.45, 7) is 2.97. The van der Waals surface area contributed by atoms with Crippen molar-refractivity contribution < 1.29 is 9.42 Å². The molecule has 0 aromatic heterocycles. The number of unbranched alkanes of at least 4 members (excludes halogenated alkanes) is 7. The summed E-state index contributed by atoms with van der Waals surface area (Å²) in [5, 5.41) is 0. The topological polar surface area (TPSA) is 29.5 Å². The third kappa shape index (κ3) is 12.4. The van der Waals surface area contributed by atoms with Crippen molar-refractivity contribution >= 4 is 9.03 Å². The highest BCUT2D eigenvalue weighted by Crippen LogP contribution is 2.10. The lowest BCUT2D eigenvalue weighted by Gasteiger charge is -2.01. The maximum Gasteiger partial charge on any atom is 0.152 e. The van der Waals surface area contributed by atoms with Gasteiger partial charge < -0.3 is 9.42 Å². The fourth-order valence-electron chi connectivity index (χ4n) is 1.35. The van der Waals surface area contributed by atoms with E-state index < -0.39 is 0 Å². The van der Waals surface area contributed by atoms with Crippen molar-refractivity contribution in [3.63, 3.8) is 0 Å². The molecule has 0 aliphatic rings. The average Bonchev–Trinajstić information content (AvgIpc) is 2.16. The molecule has 3 heteroatoms. The van der Waals surface area contributed by atoms with Crippen molar-refractivity contribution in [1.29, 1.82) is 0 Å². The van der Waals surface area contributed by atoms with Crippen LogP contribution in [0.2, 0.25) is 0 Å². The van der Waals surface area contributed by atoms with Gasteiger partial charge in [-0.05, 0) is 6.42 Å². The Kier molecular flexibility index (Phi) is 12.7. The summed E-state index contributed by atoms with van der Waals surface area (Å²) in [5.41, 5.74) is 0. The lowest BCUT2D eigenvalue weighted by Crippen LogP contribution is -1.86. The SMILES string of the molecule is CCCCCCCCCCOPO. The maximum absolute atomic E-state index is 8.37. The summed E-state index contributed by atoms with van der Waals surface area (Å²) in [4.78, 5) is 8.37. The highest BCUT2D eigenvalue weighted by Gasteiger charge is 1.91. The second-order valence-electron chi connectivity index (χ2n) is 3.41. The molecule has 0 aromatic rings. The minimum atomic E-state index is -0.330. The molecule has 0 heterocycles. The molecule has 80 valence electrons. The van der Waals surface area contributed by atoms with Gasteiger partial charge in [-0.1, -0.05) is 51.9 Å². The van der Waals surface area contributed by atoms with Crippen LogP contribution in [0.5, 0.6) is 0 Å². The van der Waals surface area contributed by atoms with Gasteiger partial charge in [0.25, 0.3) is 0 Å². The average molecular weight is 206 g/mol. The van der Waals surface area contributed by atoms with Crippen molar-refractivity contribution in [3.8, 4) is 0 Å². The molecule has 1 atom stereocenters. The van der Waals surface area contributed by atoms with Crippen LogP contribution in [0, 0.1) is 0 Å². The van der Waals surface area contributed by atoms with Crippen LogP contribution < -0.4 is 0 Å². The predicted octanol–water partition coefficient (Wildman–Crippen LogP) is 3.64. The van der Waals surface area contributed by atoms with Gasteiger partial charge >= 0.3 is 0 Å². The Morgan fingerprint density at radius 1 is 0.923 bits per heavy atom. The van der Waals surface area contributed by atoms with Crippen LogP contribution in [0.3, 0.4) is 0 Å². The van der Waals surface area contributed by atoms with Crippen LogP contribution in [-0.4, -0.2) is 11.5 Å². The molecule has 0 amide bonds. The Morgan fingerprint density at radius 3 is 2.00 bits per heavy atom. The Hall–Kier alpha value is 0.350. The summed E-state index contributed by atoms with van der Waals surface area (Å²) in [7, 11) is -0.330. The first-order valence-electron chi connectivity index (χ1n) is 5.42. The van der Waals surface area contributed by atoms with E-state index in [0.29, 0.717) is 0 Å². The number of rotatable bonds is 10. The zero-order chi connectivity index (χ0) is 9.78. The highest BCUT2D eigenvalue weighted by atomic mass is 31.1. The number of hydrogen-bond donors (Lipinski definition) is 1. The van der Waals surface area contributed by atoms with Crippen LogP contribution in [0.1, 0.15) is 58.3 Å². The van der Waals surface area contributed by atoms with Crippen molar-refractivity contribution in [1.82, 2.24) is 0 Å². The van der Waals surface area contributed by atoms with Crippen molar-refractivity contribution in [2.75, 3.05) is 6.61 Å². The molecule has 0 saturated heterocycles. The third-order valence-corrected chi connectivity index (χ3v) is 2.50. The Balaban J connectivity index is 2.76. The van der Waals surface area contributed by atoms with Gasteiger partial charge in [-0.15, -0.1) is 0 Å². The summed E-state index contributed by atoms with van der Waals surface area (Å²) in [5.74, 6) is 0. The summed E-state index contributed by atoms with van der Waals surface area (Å²) in [6.07, 6.45) is 10.5. The molecule has 0 bridgehead atoms. The lowest BCUT2D eigenvalue weighted by atomic mass is 10.1. The van der Waals surface area contributed by atoms with Crippen LogP contribution in [0.15, 0.2) is 0 Å². The largest absolute Gasteiger partial charge is 0.352 e. The minimum absolute atomic E-state index is 0.330. The molecular weight excluding hydrogens is 183 g/mol. The van der Waals surface area contributed by atoms with E-state index in [1.165, 1.54) is 44.9 Å². The monoisotopic (exact) mass is 206 g/mol. The Morgan fingerprint density at radius 2 is 1.46 bits per heavy atom. The van der Waals surface area contributed by atoms with Gasteiger partial charge in [0.2, 0.25) is 0 Å². The summed E-state index contributed by atoms with van der Waals surface area (Å²) >= 11 is 0. The van der Waals surface area contributed by atoms with E-state index >= 15 is 0 Å². The molecule has 13 heavy (non-hydrogen) atoms. The predicted molar refractivity (Wildman–Crippen MR) is 59.1 cm³/mol. The van der Waals surface area contributed by atoms with Crippen molar-refractivity contribution in [3.05, 3.63) is 0 Å². The summed E-state index contributed by atoms with van der Waals surface area (Å²) < 4.78 is 4.86. The second kappa shape index (κ2) is 12.3. The standard InChI is InChI=1S/C10H23O2P/c1-2-3-4-5-6-7-8-9-10-12-13-11/h11,13H,2-10H2,1H3. The molecule has 0 aromatic carbocycles. The van der Waals surface area contributed by atoms with Gasteiger partial charge in [0.1, 0.15) is 0 Å². The summed E-state index contributed by atoms with van der Waals surface area (Å²) in [6, 6.07) is 0. The minimum Gasteiger partial charge on any atom is -0.352 e. The van der Waals surface area contributed by atoms with Crippen LogP contribution in [0.4, 0.5) is 0 Å². The van der Waals surface area contributed by atoms with E-state index in [-0.39, 0.29) is 9.03 Å². The molecule has 0 aliphatic carbocycles. The van der Waals surface area contributed by atoms with Crippen molar-refractivity contribution in [2.24, 2.45) is 0 Å². The quantitative estimate of drug-likeness (QED) is 0.436. The van der Waals surface area contributed by atoms with Gasteiger partial charge in [-0.2, -0.15) is 0 Å². The second-order valence-corrected chi connectivity index (χ2v) is 3.89. The normalized spacial score (nSPS) is 11.5. The van der Waals surface area contributed by atoms with Gasteiger partial charge in [0.15, 0.2) is 9.03 Å². The Bertz CT molecular complexity index is 79.0. The first kappa shape index (κ1) is 13.4. The van der Waals surface area contributed by atoms with E-state index in [9.17, 15) is 0 Å². The van der Waals surface area contributed by atoms with E-state index in [1.807, 2.05) is 0 Å². The highest BCUT2D eigenvalue weighted by molar-refractivity contribution is 7.24. The fourth-order valence-corrected chi connectivity index (χ4v) is 1.59. The van der Waals surface area contributed by atoms with Gasteiger partial charge in [-0.25, -0.2) is 0 Å². The zero-order valence-corrected chi connectivity index (χ0v) is 9.72. The molecule has 1 N–H and O–H groups in total. The molecule has 0 saturated carbocycles. The molecule has 1 unspecified atom stereocenters. The van der Waals surface area contributed by atoms with E-state index in [4.69, 9.17) is 9.42 Å². The first-order valence-corrected chi connectivity index (χ1v) is 6.28. The fraction of sp³-hybridized carbons (Fsp3) is 1.00. The van der Waals surface area contributed by atoms with Crippen LogP contribution >= 0.6 is 9.03 Å². The third-order valence-electron chi connectivity index (χ3n) is 2.16. The van der Waals surface area contributed by atoms with E-state index in [1.54, 1.807) is 0 Å². The maximum atomic E-state index is 8.37. The molecular formula is C10H23O2P. The van der Waals surface area contributed by atoms with Crippen LogP contribution in [0.25, 0.3) is 0 Å². The molecule has 0 aliphatic heterocycles. The first-order chi connectivity index (χ1) is 6.41. The zero-order valence-electron chi connectivity index (χ0n) is 8.72. The van der Waals surface area contributed by atoms with E-state index in [0.717, 1.165) is 13.0 Å². The van der Waals surface area contributed by atoms with Gasteiger partial charge in [0.05, 0.1) is 6.61 Å². The van der Waals surface area contributed by atoms with Gasteiger partial charge in [-0.3, -0.25) is 0 Å². The van der Waals surface area contributed by atoms with Crippen molar-refractivity contribution in [2.45, 2.75) is 58.3 Å². The lowest BCUT2D eigenvalue weighted by molar-refractivity contribution is 0.313.